The molecule has 0 spiro atoms. The Balaban J connectivity index is 0.00000420. The molecule has 0 unspecified atom stereocenters. The number of amides is 1. The van der Waals surface area contributed by atoms with E-state index in [0.29, 0.717) is 12.0 Å². The molecule has 4 rings (SSSR count). The van der Waals surface area contributed by atoms with Gasteiger partial charge >= 0.3 is 6.09 Å². The molecule has 0 aliphatic heterocycles. The van der Waals surface area contributed by atoms with Gasteiger partial charge in [-0.05, 0) is 124 Å². The summed E-state index contributed by atoms with van der Waals surface area (Å²) < 4.78 is 0. The van der Waals surface area contributed by atoms with Gasteiger partial charge < -0.3 is 14.9 Å². The van der Waals surface area contributed by atoms with Gasteiger partial charge in [-0.2, -0.15) is 0 Å². The van der Waals surface area contributed by atoms with Crippen molar-refractivity contribution in [3.63, 3.8) is 0 Å². The van der Waals surface area contributed by atoms with Crippen molar-refractivity contribution in [1.29, 1.82) is 0 Å². The fourth-order valence-electron chi connectivity index (χ4n) is 10.3. The molecule has 0 aromatic heterocycles. The molecule has 0 heterocycles. The van der Waals surface area contributed by atoms with Crippen LogP contribution in [0.15, 0.2) is 11.6 Å². The van der Waals surface area contributed by atoms with Gasteiger partial charge in [-0.1, -0.05) is 66.0 Å². The lowest BCUT2D eigenvalue weighted by Gasteiger charge is -2.59. The lowest BCUT2D eigenvalue weighted by atomic mass is 9.46. The van der Waals surface area contributed by atoms with E-state index >= 15 is 0 Å². The number of rotatable bonds is 10. The molecule has 4 aliphatic carbocycles. The van der Waals surface area contributed by atoms with Crippen LogP contribution in [0.4, 0.5) is 4.79 Å². The molecule has 39 heavy (non-hydrogen) atoms. The average Bonchev–Trinajstić information content (AvgIpc) is 3.21. The van der Waals surface area contributed by atoms with Crippen molar-refractivity contribution in [1.82, 2.24) is 9.80 Å². The summed E-state index contributed by atoms with van der Waals surface area (Å²) in [4.78, 5) is 16.0. The van der Waals surface area contributed by atoms with Crippen molar-refractivity contribution in [2.45, 2.75) is 118 Å². The maximum atomic E-state index is 12.1. The van der Waals surface area contributed by atoms with Gasteiger partial charge in [0, 0.05) is 19.1 Å². The summed E-state index contributed by atoms with van der Waals surface area (Å²) in [6, 6.07) is 0.145. The van der Waals surface area contributed by atoms with E-state index in [-0.39, 0.29) is 23.9 Å². The van der Waals surface area contributed by atoms with Crippen molar-refractivity contribution in [3.8, 4) is 0 Å². The predicted octanol–water partition coefficient (Wildman–Crippen LogP) is 9.00. The summed E-state index contributed by atoms with van der Waals surface area (Å²) in [7, 11) is 4.06. The Morgan fingerprint density at radius 1 is 1.03 bits per heavy atom. The number of allylic oxidation sites excluding steroid dienone is 1. The van der Waals surface area contributed by atoms with Gasteiger partial charge in [0.1, 0.15) is 0 Å². The van der Waals surface area contributed by atoms with Crippen LogP contribution in [0.5, 0.6) is 0 Å². The van der Waals surface area contributed by atoms with Crippen LogP contribution in [0.3, 0.4) is 0 Å². The van der Waals surface area contributed by atoms with E-state index < -0.39 is 6.09 Å². The quantitative estimate of drug-likeness (QED) is 0.269. The normalized spacial score (nSPS) is 37.3. The Hall–Kier alpha value is -0.740. The maximum absolute atomic E-state index is 12.1. The number of halogens is 1. The molecular formula is C34H61ClN2O2. The van der Waals surface area contributed by atoms with Gasteiger partial charge in [0.15, 0.2) is 0 Å². The van der Waals surface area contributed by atoms with E-state index in [9.17, 15) is 9.90 Å². The zero-order valence-electron chi connectivity index (χ0n) is 26.5. The van der Waals surface area contributed by atoms with E-state index in [2.05, 4.69) is 52.5 Å². The smallest absolute Gasteiger partial charge is 0.407 e. The van der Waals surface area contributed by atoms with Crippen molar-refractivity contribution in [2.75, 3.05) is 27.2 Å². The first kappa shape index (κ1) is 32.8. The third-order valence-corrected chi connectivity index (χ3v) is 12.8. The highest BCUT2D eigenvalue weighted by molar-refractivity contribution is 5.85. The summed E-state index contributed by atoms with van der Waals surface area (Å²) in [5.74, 6) is 5.94. The SMILES string of the molecule is CC[C@H](CC[C@@H](C)[C@H]1CC[C@H]2[C@@H]3CC=C4C[C@@H](N(CCN(C)C)C(=O)O)CC[C@]4(C)[C@H]3CC[C@]12C)C(C)C.Cl. The molecule has 0 aromatic rings. The second-order valence-corrected chi connectivity index (χ2v) is 15.1. The number of hydrogen-bond donors (Lipinski definition) is 1. The third kappa shape index (κ3) is 6.37. The summed E-state index contributed by atoms with van der Waals surface area (Å²) in [6.07, 6.45) is 16.1. The van der Waals surface area contributed by atoms with Gasteiger partial charge in [-0.15, -0.1) is 12.4 Å². The standard InChI is InChI=1S/C34H60N2O2.ClH/c1-9-25(23(2)3)11-10-24(4)29-14-15-30-28-13-12-26-22-27(36(32(37)38)21-20-35(7)8)16-18-33(26,5)31(28)17-19-34(29,30)6;/h12,23-25,27-31H,9-11,13-22H2,1-8H3,(H,37,38);1H/t24-,25-,27+,28+,29-,30+,31+,33+,34-;/m1./s1. The minimum absolute atomic E-state index is 0. The molecule has 4 nitrogen and oxygen atoms in total. The number of hydrogen-bond acceptors (Lipinski definition) is 2. The number of carboxylic acid groups (broad SMARTS) is 1. The molecule has 3 fully saturated rings. The highest BCUT2D eigenvalue weighted by atomic mass is 35.5. The van der Waals surface area contributed by atoms with Gasteiger partial charge in [-0.3, -0.25) is 0 Å². The van der Waals surface area contributed by atoms with Crippen LogP contribution in [0.2, 0.25) is 0 Å². The second-order valence-electron chi connectivity index (χ2n) is 15.1. The highest BCUT2D eigenvalue weighted by Crippen LogP contribution is 2.67. The first-order valence-electron chi connectivity index (χ1n) is 16.3. The van der Waals surface area contributed by atoms with Crippen LogP contribution in [-0.2, 0) is 0 Å². The Kier molecular flexibility index (Phi) is 11.0. The predicted molar refractivity (Wildman–Crippen MR) is 167 cm³/mol. The van der Waals surface area contributed by atoms with Crippen LogP contribution >= 0.6 is 12.4 Å². The van der Waals surface area contributed by atoms with Gasteiger partial charge in [-0.25, -0.2) is 4.79 Å². The monoisotopic (exact) mass is 564 g/mol. The molecule has 0 aromatic carbocycles. The lowest BCUT2D eigenvalue weighted by molar-refractivity contribution is -0.0544. The Morgan fingerprint density at radius 3 is 2.36 bits per heavy atom. The van der Waals surface area contributed by atoms with E-state index in [4.69, 9.17) is 0 Å². The Morgan fingerprint density at radius 2 is 1.74 bits per heavy atom. The minimum Gasteiger partial charge on any atom is -0.465 e. The van der Waals surface area contributed by atoms with Crippen LogP contribution < -0.4 is 0 Å². The molecule has 1 N–H and O–H groups in total. The summed E-state index contributed by atoms with van der Waals surface area (Å²) in [6.45, 7) is 16.4. The van der Waals surface area contributed by atoms with Crippen LogP contribution in [-0.4, -0.2) is 54.2 Å². The zero-order chi connectivity index (χ0) is 27.8. The molecule has 0 radical (unpaired) electrons. The molecule has 226 valence electrons. The van der Waals surface area contributed by atoms with Gasteiger partial charge in [0.2, 0.25) is 0 Å². The average molecular weight is 565 g/mol. The lowest BCUT2D eigenvalue weighted by Crippen LogP contribution is -2.53. The topological polar surface area (TPSA) is 43.8 Å². The van der Waals surface area contributed by atoms with Crippen LogP contribution in [0.25, 0.3) is 0 Å². The fourth-order valence-corrected chi connectivity index (χ4v) is 10.3. The van der Waals surface area contributed by atoms with E-state index in [1.165, 1.54) is 51.4 Å². The largest absolute Gasteiger partial charge is 0.465 e. The van der Waals surface area contributed by atoms with E-state index in [0.717, 1.165) is 67.2 Å². The fraction of sp³-hybridized carbons (Fsp3) is 0.912. The number of likely N-dealkylation sites (N-methyl/N-ethyl adjacent to an activating group) is 1. The number of nitrogens with zero attached hydrogens (tertiary/aromatic N) is 2. The molecular weight excluding hydrogens is 504 g/mol. The van der Waals surface area contributed by atoms with Crippen LogP contribution in [0, 0.1) is 52.3 Å². The molecule has 3 saturated carbocycles. The van der Waals surface area contributed by atoms with Crippen molar-refractivity contribution in [2.24, 2.45) is 52.3 Å². The van der Waals surface area contributed by atoms with Gasteiger partial charge in [0.25, 0.3) is 0 Å². The van der Waals surface area contributed by atoms with E-state index in [1.54, 1.807) is 10.5 Å². The molecule has 4 aliphatic rings. The van der Waals surface area contributed by atoms with E-state index in [1.807, 2.05) is 14.1 Å². The minimum atomic E-state index is -0.743. The third-order valence-electron chi connectivity index (χ3n) is 12.8. The molecule has 0 saturated heterocycles. The molecule has 1 amide bonds. The maximum Gasteiger partial charge on any atom is 0.407 e. The first-order valence-corrected chi connectivity index (χ1v) is 16.3. The Labute approximate surface area is 247 Å². The molecule has 0 bridgehead atoms. The van der Waals surface area contributed by atoms with Crippen LogP contribution in [0.1, 0.15) is 112 Å². The number of fused-ring (bicyclic) bond motifs is 5. The van der Waals surface area contributed by atoms with Crippen molar-refractivity contribution >= 4 is 18.5 Å². The summed E-state index contributed by atoms with van der Waals surface area (Å²) in [5.41, 5.74) is 2.39. The highest BCUT2D eigenvalue weighted by Gasteiger charge is 2.59. The van der Waals surface area contributed by atoms with Crippen molar-refractivity contribution in [3.05, 3.63) is 11.6 Å². The summed E-state index contributed by atoms with van der Waals surface area (Å²) in [5, 5.41) is 9.98. The van der Waals surface area contributed by atoms with Gasteiger partial charge in [0.05, 0.1) is 0 Å². The molecule has 5 heteroatoms. The van der Waals surface area contributed by atoms with Crippen molar-refractivity contribution < 1.29 is 9.90 Å². The first-order chi connectivity index (χ1) is 17.9. The summed E-state index contributed by atoms with van der Waals surface area (Å²) >= 11 is 0. The second kappa shape index (κ2) is 13.1. The number of carbonyl (C=O) groups is 1. The molecule has 9 atom stereocenters. The Bertz CT molecular complexity index is 858. The zero-order valence-corrected chi connectivity index (χ0v) is 27.4.